The lowest BCUT2D eigenvalue weighted by Gasteiger charge is -2.12. The van der Waals surface area contributed by atoms with Gasteiger partial charge in [0.15, 0.2) is 0 Å². The topological polar surface area (TPSA) is 101 Å². The number of ether oxygens (including phenoxy) is 1. The molecule has 1 aromatic heterocycles. The maximum atomic E-state index is 12.3. The summed E-state index contributed by atoms with van der Waals surface area (Å²) in [4.78, 5) is 28.2. The molecule has 0 saturated carbocycles. The standard InChI is InChI=1S/C23H21N3O4.ClH/c27-22(16-7-9-30-14-16)26-21-13-15(6-8-24-21)17-10-18(23(28)29)12-20(11-17)25-19-4-2-1-3-5-19;/h1-6,8,10-13,16,25H,7,9,14H2,(H,28,29)(H,24,26,27);1H. The fraction of sp³-hybridized carbons (Fsp3) is 0.174. The van der Waals surface area contributed by atoms with Crippen LogP contribution in [0, 0.1) is 5.92 Å². The molecule has 7 nitrogen and oxygen atoms in total. The van der Waals surface area contributed by atoms with Crippen LogP contribution in [0.2, 0.25) is 0 Å². The summed E-state index contributed by atoms with van der Waals surface area (Å²) in [5.74, 6) is -0.894. The van der Waals surface area contributed by atoms with E-state index in [0.717, 1.165) is 11.3 Å². The fourth-order valence-electron chi connectivity index (χ4n) is 3.33. The summed E-state index contributed by atoms with van der Waals surface area (Å²) in [6.07, 6.45) is 2.29. The minimum Gasteiger partial charge on any atom is -0.478 e. The zero-order valence-electron chi connectivity index (χ0n) is 16.6. The molecular weight excluding hydrogens is 418 g/mol. The summed E-state index contributed by atoms with van der Waals surface area (Å²) in [5.41, 5.74) is 3.13. The normalized spacial score (nSPS) is 15.0. The van der Waals surface area contributed by atoms with E-state index in [0.29, 0.717) is 36.7 Å². The molecule has 1 unspecified atom stereocenters. The molecule has 0 aliphatic carbocycles. The van der Waals surface area contributed by atoms with Crippen LogP contribution in [0.25, 0.3) is 11.1 Å². The molecule has 0 spiro atoms. The number of pyridine rings is 1. The number of rotatable bonds is 6. The molecule has 1 fully saturated rings. The Morgan fingerprint density at radius 2 is 1.81 bits per heavy atom. The van der Waals surface area contributed by atoms with Crippen molar-refractivity contribution in [3.05, 3.63) is 72.4 Å². The van der Waals surface area contributed by atoms with E-state index < -0.39 is 5.97 Å². The van der Waals surface area contributed by atoms with E-state index in [-0.39, 0.29) is 29.8 Å². The van der Waals surface area contributed by atoms with Crippen LogP contribution in [-0.4, -0.2) is 35.2 Å². The first-order chi connectivity index (χ1) is 14.6. The van der Waals surface area contributed by atoms with Crippen LogP contribution in [0.5, 0.6) is 0 Å². The number of para-hydroxylation sites is 1. The lowest BCUT2D eigenvalue weighted by Crippen LogP contribution is -2.23. The van der Waals surface area contributed by atoms with E-state index in [4.69, 9.17) is 4.74 Å². The average Bonchev–Trinajstić information content (AvgIpc) is 3.30. The van der Waals surface area contributed by atoms with Crippen LogP contribution in [0.15, 0.2) is 66.9 Å². The highest BCUT2D eigenvalue weighted by Gasteiger charge is 2.23. The zero-order chi connectivity index (χ0) is 20.9. The third-order valence-electron chi connectivity index (χ3n) is 4.89. The number of nitrogens with zero attached hydrogens (tertiary/aromatic N) is 1. The van der Waals surface area contributed by atoms with Crippen LogP contribution in [0.1, 0.15) is 16.8 Å². The fourth-order valence-corrected chi connectivity index (χ4v) is 3.33. The Kier molecular flexibility index (Phi) is 7.23. The van der Waals surface area contributed by atoms with Crippen molar-refractivity contribution in [2.24, 2.45) is 5.92 Å². The van der Waals surface area contributed by atoms with Gasteiger partial charge in [-0.05, 0) is 60.0 Å². The van der Waals surface area contributed by atoms with Gasteiger partial charge >= 0.3 is 5.97 Å². The molecule has 0 bridgehead atoms. The van der Waals surface area contributed by atoms with Gasteiger partial charge in [-0.15, -0.1) is 12.4 Å². The van der Waals surface area contributed by atoms with Crippen molar-refractivity contribution in [2.75, 3.05) is 23.8 Å². The summed E-state index contributed by atoms with van der Waals surface area (Å²) >= 11 is 0. The first-order valence-corrected chi connectivity index (χ1v) is 9.64. The quantitative estimate of drug-likeness (QED) is 0.519. The summed E-state index contributed by atoms with van der Waals surface area (Å²) in [6.45, 7) is 1.01. The van der Waals surface area contributed by atoms with Gasteiger partial charge in [0.2, 0.25) is 5.91 Å². The number of carbonyl (C=O) groups excluding carboxylic acids is 1. The molecule has 1 aliphatic heterocycles. The van der Waals surface area contributed by atoms with E-state index in [1.807, 2.05) is 36.4 Å². The van der Waals surface area contributed by atoms with Crippen LogP contribution in [0.4, 0.5) is 17.2 Å². The number of carbonyl (C=O) groups is 2. The largest absolute Gasteiger partial charge is 0.478 e. The predicted molar refractivity (Wildman–Crippen MR) is 121 cm³/mol. The molecular formula is C23H22ClN3O4. The Balaban J connectivity index is 0.00000272. The first kappa shape index (κ1) is 22.3. The number of hydrogen-bond donors (Lipinski definition) is 3. The second-order valence-electron chi connectivity index (χ2n) is 7.07. The highest BCUT2D eigenvalue weighted by molar-refractivity contribution is 5.94. The molecule has 0 radical (unpaired) electrons. The summed E-state index contributed by atoms with van der Waals surface area (Å²) in [5, 5.41) is 15.6. The summed E-state index contributed by atoms with van der Waals surface area (Å²) in [7, 11) is 0. The number of benzene rings is 2. The van der Waals surface area contributed by atoms with Gasteiger partial charge in [0.05, 0.1) is 18.1 Å². The number of carboxylic acid groups (broad SMARTS) is 1. The molecule has 1 amide bonds. The Morgan fingerprint density at radius 3 is 2.52 bits per heavy atom. The van der Waals surface area contributed by atoms with Crippen LogP contribution < -0.4 is 10.6 Å². The predicted octanol–water partition coefficient (Wildman–Crippen LogP) is 4.59. The SMILES string of the molecule is Cl.O=C(O)c1cc(Nc2ccccc2)cc(-c2ccnc(NC(=O)C3CCOC3)c2)c1. The van der Waals surface area contributed by atoms with E-state index in [9.17, 15) is 14.7 Å². The molecule has 1 aliphatic rings. The molecule has 31 heavy (non-hydrogen) atoms. The molecule has 3 N–H and O–H groups in total. The molecule has 1 saturated heterocycles. The number of anilines is 3. The van der Waals surface area contributed by atoms with Crippen molar-refractivity contribution >= 4 is 41.5 Å². The van der Waals surface area contributed by atoms with Gasteiger partial charge in [0, 0.05) is 24.2 Å². The van der Waals surface area contributed by atoms with E-state index in [1.54, 1.807) is 30.5 Å². The Labute approximate surface area is 185 Å². The number of aromatic nitrogens is 1. The minimum absolute atomic E-state index is 0. The second-order valence-corrected chi connectivity index (χ2v) is 7.07. The van der Waals surface area contributed by atoms with Gasteiger partial charge in [0.1, 0.15) is 5.82 Å². The number of nitrogens with one attached hydrogen (secondary N) is 2. The number of hydrogen-bond acceptors (Lipinski definition) is 5. The van der Waals surface area contributed by atoms with Gasteiger partial charge in [-0.3, -0.25) is 4.79 Å². The van der Waals surface area contributed by atoms with Crippen molar-refractivity contribution in [3.63, 3.8) is 0 Å². The lowest BCUT2D eigenvalue weighted by molar-refractivity contribution is -0.119. The second kappa shape index (κ2) is 10.1. The first-order valence-electron chi connectivity index (χ1n) is 9.64. The molecule has 2 aromatic carbocycles. The summed E-state index contributed by atoms with van der Waals surface area (Å²) in [6, 6.07) is 18.1. The highest BCUT2D eigenvalue weighted by atomic mass is 35.5. The van der Waals surface area contributed by atoms with Gasteiger partial charge in [-0.1, -0.05) is 18.2 Å². The van der Waals surface area contributed by atoms with Gasteiger partial charge in [-0.25, -0.2) is 9.78 Å². The number of aromatic carboxylic acids is 1. The average molecular weight is 440 g/mol. The van der Waals surface area contributed by atoms with Gasteiger partial charge in [0.25, 0.3) is 0 Å². The highest BCUT2D eigenvalue weighted by Crippen LogP contribution is 2.28. The van der Waals surface area contributed by atoms with Crippen molar-refractivity contribution in [1.82, 2.24) is 4.98 Å². The van der Waals surface area contributed by atoms with E-state index >= 15 is 0 Å². The van der Waals surface area contributed by atoms with Crippen LogP contribution in [0.3, 0.4) is 0 Å². The third-order valence-corrected chi connectivity index (χ3v) is 4.89. The van der Waals surface area contributed by atoms with Crippen LogP contribution >= 0.6 is 12.4 Å². The number of halogens is 1. The maximum Gasteiger partial charge on any atom is 0.335 e. The van der Waals surface area contributed by atoms with E-state index in [1.165, 1.54) is 0 Å². The monoisotopic (exact) mass is 439 g/mol. The molecule has 2 heterocycles. The van der Waals surface area contributed by atoms with E-state index in [2.05, 4.69) is 15.6 Å². The molecule has 160 valence electrons. The molecule has 1 atom stereocenters. The maximum absolute atomic E-state index is 12.3. The van der Waals surface area contributed by atoms with Crippen LogP contribution in [-0.2, 0) is 9.53 Å². The van der Waals surface area contributed by atoms with Crippen molar-refractivity contribution < 1.29 is 19.4 Å². The van der Waals surface area contributed by atoms with Crippen molar-refractivity contribution in [1.29, 1.82) is 0 Å². The lowest BCUT2D eigenvalue weighted by atomic mass is 10.0. The van der Waals surface area contributed by atoms with Gasteiger partial charge < -0.3 is 20.5 Å². The number of amides is 1. The Bertz CT molecular complexity index is 1070. The Morgan fingerprint density at radius 1 is 1.00 bits per heavy atom. The number of carboxylic acids is 1. The molecule has 3 aromatic rings. The summed E-state index contributed by atoms with van der Waals surface area (Å²) < 4.78 is 5.26. The molecule has 4 rings (SSSR count). The van der Waals surface area contributed by atoms with Gasteiger partial charge in [-0.2, -0.15) is 0 Å². The smallest absolute Gasteiger partial charge is 0.335 e. The minimum atomic E-state index is -1.02. The van der Waals surface area contributed by atoms with Crippen molar-refractivity contribution in [3.8, 4) is 11.1 Å². The third kappa shape index (κ3) is 5.59. The van der Waals surface area contributed by atoms with Crippen molar-refractivity contribution in [2.45, 2.75) is 6.42 Å². The Hall–Kier alpha value is -3.42. The molecule has 8 heteroatoms. The zero-order valence-corrected chi connectivity index (χ0v) is 17.4.